The molecule has 3 aromatic rings. The molecule has 1 aromatic carbocycles. The van der Waals surface area contributed by atoms with Crippen LogP contribution in [0.5, 0.6) is 5.88 Å². The van der Waals surface area contributed by atoms with Gasteiger partial charge in [0.15, 0.2) is 0 Å². The molecular weight excluding hydrogens is 336 g/mol. The van der Waals surface area contributed by atoms with Crippen LogP contribution in [0.3, 0.4) is 0 Å². The van der Waals surface area contributed by atoms with Gasteiger partial charge in [0.1, 0.15) is 0 Å². The number of hydrogen-bond acceptors (Lipinski definition) is 4. The number of nitrogens with zero attached hydrogens (tertiary/aromatic N) is 1. The number of rotatable bonds is 4. The number of H-pyrrole nitrogens is 2. The molecule has 2 heterocycles. The van der Waals surface area contributed by atoms with E-state index in [2.05, 4.69) is 36.2 Å². The highest BCUT2D eigenvalue weighted by molar-refractivity contribution is 9.10. The third-order valence-electron chi connectivity index (χ3n) is 3.09. The summed E-state index contributed by atoms with van der Waals surface area (Å²) in [4.78, 5) is 20.9. The van der Waals surface area contributed by atoms with Gasteiger partial charge in [-0.15, -0.1) is 0 Å². The van der Waals surface area contributed by atoms with Gasteiger partial charge < -0.3 is 20.0 Å². The molecule has 0 radical (unpaired) electrons. The van der Waals surface area contributed by atoms with Crippen molar-refractivity contribution >= 4 is 32.7 Å². The molecule has 0 spiro atoms. The second-order valence-corrected chi connectivity index (χ2v) is 5.37. The SMILES string of the molecule is COc1ccc(CNc2cc3[nH]c(=O)[nH]c3cc2Br)cn1. The van der Waals surface area contributed by atoms with E-state index in [0.29, 0.717) is 12.4 Å². The van der Waals surface area contributed by atoms with Gasteiger partial charge in [0.2, 0.25) is 5.88 Å². The standard InChI is InChI=1S/C14H13BrN4O2/c1-21-13-3-2-8(7-17-13)6-16-10-5-12-11(4-9(10)15)18-14(20)19-12/h2-5,7,16H,6H2,1H3,(H2,18,19,20). The first kappa shape index (κ1) is 13.7. The number of pyridine rings is 1. The van der Waals surface area contributed by atoms with Crippen LogP contribution < -0.4 is 15.7 Å². The van der Waals surface area contributed by atoms with Gasteiger partial charge in [-0.2, -0.15) is 0 Å². The van der Waals surface area contributed by atoms with Crippen molar-refractivity contribution in [2.24, 2.45) is 0 Å². The molecule has 0 saturated heterocycles. The van der Waals surface area contributed by atoms with E-state index in [1.807, 2.05) is 24.3 Å². The quantitative estimate of drug-likeness (QED) is 0.676. The lowest BCUT2D eigenvalue weighted by atomic mass is 10.2. The van der Waals surface area contributed by atoms with Crippen molar-refractivity contribution in [2.75, 3.05) is 12.4 Å². The van der Waals surface area contributed by atoms with Gasteiger partial charge in [-0.05, 0) is 33.6 Å². The monoisotopic (exact) mass is 348 g/mol. The summed E-state index contributed by atoms with van der Waals surface area (Å²) in [6.45, 7) is 0.621. The van der Waals surface area contributed by atoms with Crippen LogP contribution in [0.15, 0.2) is 39.7 Å². The van der Waals surface area contributed by atoms with Crippen LogP contribution in [-0.2, 0) is 6.54 Å². The second-order valence-electron chi connectivity index (χ2n) is 4.52. The van der Waals surface area contributed by atoms with E-state index in [-0.39, 0.29) is 5.69 Å². The van der Waals surface area contributed by atoms with Crippen LogP contribution >= 0.6 is 15.9 Å². The highest BCUT2D eigenvalue weighted by Crippen LogP contribution is 2.26. The average molecular weight is 349 g/mol. The zero-order valence-corrected chi connectivity index (χ0v) is 12.8. The lowest BCUT2D eigenvalue weighted by Crippen LogP contribution is -2.01. The zero-order valence-electron chi connectivity index (χ0n) is 11.2. The Morgan fingerprint density at radius 1 is 1.29 bits per heavy atom. The number of methoxy groups -OCH3 is 1. The van der Waals surface area contributed by atoms with Crippen LogP contribution in [0.1, 0.15) is 5.56 Å². The van der Waals surface area contributed by atoms with E-state index in [1.165, 1.54) is 0 Å². The van der Waals surface area contributed by atoms with Gasteiger partial charge in [-0.3, -0.25) is 0 Å². The second kappa shape index (κ2) is 5.61. The fourth-order valence-corrected chi connectivity index (χ4v) is 2.51. The van der Waals surface area contributed by atoms with Crippen molar-refractivity contribution in [3.63, 3.8) is 0 Å². The molecule has 6 nitrogen and oxygen atoms in total. The van der Waals surface area contributed by atoms with Gasteiger partial charge >= 0.3 is 5.69 Å². The van der Waals surface area contributed by atoms with E-state index in [1.54, 1.807) is 13.3 Å². The normalized spacial score (nSPS) is 10.8. The summed E-state index contributed by atoms with van der Waals surface area (Å²) in [5.41, 5.74) is 3.24. The summed E-state index contributed by atoms with van der Waals surface area (Å²) in [6, 6.07) is 7.51. The Hall–Kier alpha value is -2.28. The van der Waals surface area contributed by atoms with Crippen LogP contribution in [0.4, 0.5) is 5.69 Å². The molecule has 0 bridgehead atoms. The molecule has 2 aromatic heterocycles. The Balaban J connectivity index is 1.80. The first-order chi connectivity index (χ1) is 10.2. The topological polar surface area (TPSA) is 82.8 Å². The molecular formula is C14H13BrN4O2. The third-order valence-corrected chi connectivity index (χ3v) is 3.75. The fourth-order valence-electron chi connectivity index (χ4n) is 2.02. The minimum absolute atomic E-state index is 0.214. The first-order valence-corrected chi connectivity index (χ1v) is 7.09. The summed E-state index contributed by atoms with van der Waals surface area (Å²) < 4.78 is 5.91. The van der Waals surface area contributed by atoms with E-state index < -0.39 is 0 Å². The van der Waals surface area contributed by atoms with Crippen molar-refractivity contribution in [1.29, 1.82) is 0 Å². The fraction of sp³-hybridized carbons (Fsp3) is 0.143. The molecule has 0 aliphatic rings. The molecule has 0 atom stereocenters. The zero-order chi connectivity index (χ0) is 14.8. The van der Waals surface area contributed by atoms with Crippen molar-refractivity contribution in [1.82, 2.24) is 15.0 Å². The molecule has 7 heteroatoms. The minimum atomic E-state index is -0.214. The Kier molecular flexibility index (Phi) is 3.66. The van der Waals surface area contributed by atoms with Gasteiger partial charge in [0.05, 0.1) is 23.8 Å². The largest absolute Gasteiger partial charge is 0.481 e. The van der Waals surface area contributed by atoms with Gasteiger partial charge in [0.25, 0.3) is 0 Å². The molecule has 21 heavy (non-hydrogen) atoms. The summed E-state index contributed by atoms with van der Waals surface area (Å²) in [5, 5.41) is 3.30. The van der Waals surface area contributed by atoms with Crippen LogP contribution in [0.25, 0.3) is 11.0 Å². The highest BCUT2D eigenvalue weighted by atomic mass is 79.9. The molecule has 0 aliphatic carbocycles. The predicted molar refractivity (Wildman–Crippen MR) is 84.7 cm³/mol. The van der Waals surface area contributed by atoms with Crippen molar-refractivity contribution < 1.29 is 4.74 Å². The molecule has 108 valence electrons. The predicted octanol–water partition coefficient (Wildman–Crippen LogP) is 2.63. The Labute approximate surface area is 128 Å². The number of aromatic amines is 2. The molecule has 3 N–H and O–H groups in total. The van der Waals surface area contributed by atoms with Gasteiger partial charge in [-0.25, -0.2) is 9.78 Å². The van der Waals surface area contributed by atoms with E-state index in [9.17, 15) is 4.79 Å². The maximum atomic E-state index is 11.3. The number of benzene rings is 1. The minimum Gasteiger partial charge on any atom is -0.481 e. The lowest BCUT2D eigenvalue weighted by Gasteiger charge is -2.09. The summed E-state index contributed by atoms with van der Waals surface area (Å²) in [6.07, 6.45) is 1.76. The smallest absolute Gasteiger partial charge is 0.323 e. The maximum Gasteiger partial charge on any atom is 0.323 e. The molecule has 0 unspecified atom stereocenters. The molecule has 3 rings (SSSR count). The van der Waals surface area contributed by atoms with Gasteiger partial charge in [0, 0.05) is 23.3 Å². The van der Waals surface area contributed by atoms with Crippen LogP contribution in [0.2, 0.25) is 0 Å². The first-order valence-electron chi connectivity index (χ1n) is 6.30. The van der Waals surface area contributed by atoms with E-state index >= 15 is 0 Å². The van der Waals surface area contributed by atoms with Crippen LogP contribution in [0, 0.1) is 0 Å². The number of anilines is 1. The summed E-state index contributed by atoms with van der Waals surface area (Å²) >= 11 is 3.49. The molecule has 0 aliphatic heterocycles. The van der Waals surface area contributed by atoms with Crippen molar-refractivity contribution in [2.45, 2.75) is 6.54 Å². The Bertz CT molecular complexity index is 823. The molecule has 0 fully saturated rings. The highest BCUT2D eigenvalue weighted by Gasteiger charge is 2.05. The third kappa shape index (κ3) is 2.92. The molecule has 0 saturated carbocycles. The lowest BCUT2D eigenvalue weighted by molar-refractivity contribution is 0.397. The number of hydrogen-bond donors (Lipinski definition) is 3. The summed E-state index contributed by atoms with van der Waals surface area (Å²) in [7, 11) is 1.59. The Morgan fingerprint density at radius 2 is 2.05 bits per heavy atom. The number of aromatic nitrogens is 3. The van der Waals surface area contributed by atoms with Crippen molar-refractivity contribution in [3.8, 4) is 5.88 Å². The maximum absolute atomic E-state index is 11.3. The number of fused-ring (bicyclic) bond motifs is 1. The van der Waals surface area contributed by atoms with Crippen molar-refractivity contribution in [3.05, 3.63) is 51.0 Å². The van der Waals surface area contributed by atoms with E-state index in [4.69, 9.17) is 4.74 Å². The molecule has 0 amide bonds. The number of ether oxygens (including phenoxy) is 1. The van der Waals surface area contributed by atoms with Gasteiger partial charge in [-0.1, -0.05) is 6.07 Å². The average Bonchev–Trinajstić information content (AvgIpc) is 2.84. The summed E-state index contributed by atoms with van der Waals surface area (Å²) in [5.74, 6) is 0.589. The van der Waals surface area contributed by atoms with Crippen LogP contribution in [-0.4, -0.2) is 22.1 Å². The number of nitrogens with one attached hydrogen (secondary N) is 3. The number of halogens is 1. The Morgan fingerprint density at radius 3 is 2.71 bits per heavy atom. The number of imidazole rings is 1. The van der Waals surface area contributed by atoms with E-state index in [0.717, 1.165) is 26.8 Å².